The fraction of sp³-hybridized carbons (Fsp3) is 0.667. The average molecular weight is 199 g/mol. The van der Waals surface area contributed by atoms with Gasteiger partial charge in [-0.1, -0.05) is 13.8 Å². The van der Waals surface area contributed by atoms with Crippen molar-refractivity contribution in [2.24, 2.45) is 5.92 Å². The molecular formula is C9H17N3S. The number of nitrogens with zero attached hydrogens (tertiary/aromatic N) is 2. The van der Waals surface area contributed by atoms with Crippen molar-refractivity contribution in [1.29, 1.82) is 0 Å². The normalized spacial score (nSPS) is 11.5. The van der Waals surface area contributed by atoms with Crippen molar-refractivity contribution in [2.45, 2.75) is 20.4 Å². The summed E-state index contributed by atoms with van der Waals surface area (Å²) in [5.74, 6) is 0.704. The summed E-state index contributed by atoms with van der Waals surface area (Å²) in [6.07, 6.45) is 1.86. The summed E-state index contributed by atoms with van der Waals surface area (Å²) in [6, 6.07) is 0. The van der Waals surface area contributed by atoms with E-state index in [1.54, 1.807) is 11.3 Å². The van der Waals surface area contributed by atoms with Gasteiger partial charge in [-0.3, -0.25) is 0 Å². The molecular weight excluding hydrogens is 182 g/mol. The first-order valence-corrected chi connectivity index (χ1v) is 5.28. The van der Waals surface area contributed by atoms with E-state index in [9.17, 15) is 0 Å². The van der Waals surface area contributed by atoms with E-state index in [1.165, 1.54) is 4.88 Å². The summed E-state index contributed by atoms with van der Waals surface area (Å²) in [4.78, 5) is 7.54. The molecule has 0 spiro atoms. The molecule has 0 aliphatic heterocycles. The highest BCUT2D eigenvalue weighted by atomic mass is 32.1. The van der Waals surface area contributed by atoms with Crippen molar-refractivity contribution in [2.75, 3.05) is 19.3 Å². The lowest BCUT2D eigenvalue weighted by Gasteiger charge is -2.17. The molecule has 0 atom stereocenters. The molecule has 0 fully saturated rings. The van der Waals surface area contributed by atoms with Gasteiger partial charge in [-0.25, -0.2) is 4.98 Å². The maximum Gasteiger partial charge on any atom is 0.180 e. The Hall–Kier alpha value is -0.610. The lowest BCUT2D eigenvalue weighted by Crippen LogP contribution is -2.22. The van der Waals surface area contributed by atoms with Crippen molar-refractivity contribution in [3.8, 4) is 0 Å². The smallest absolute Gasteiger partial charge is 0.180 e. The minimum atomic E-state index is 0.660. The highest BCUT2D eigenvalue weighted by molar-refractivity contribution is 7.15. The van der Waals surface area contributed by atoms with Crippen molar-refractivity contribution in [3.05, 3.63) is 11.1 Å². The van der Waals surface area contributed by atoms with Gasteiger partial charge in [0, 0.05) is 24.2 Å². The van der Waals surface area contributed by atoms with E-state index in [-0.39, 0.29) is 0 Å². The van der Waals surface area contributed by atoms with Crippen LogP contribution in [0.2, 0.25) is 0 Å². The molecule has 13 heavy (non-hydrogen) atoms. The number of aromatic nitrogens is 1. The van der Waals surface area contributed by atoms with E-state index in [0.29, 0.717) is 11.0 Å². The van der Waals surface area contributed by atoms with E-state index >= 15 is 0 Å². The lowest BCUT2D eigenvalue weighted by molar-refractivity contribution is 0.290. The quantitative estimate of drug-likeness (QED) is 0.804. The number of nitrogens with two attached hydrogens (primary N) is 1. The van der Waals surface area contributed by atoms with Crippen molar-refractivity contribution in [1.82, 2.24) is 9.88 Å². The monoisotopic (exact) mass is 199 g/mol. The Morgan fingerprint density at radius 3 is 2.77 bits per heavy atom. The van der Waals surface area contributed by atoms with E-state index in [2.05, 4.69) is 30.8 Å². The van der Waals surface area contributed by atoms with Crippen molar-refractivity contribution >= 4 is 16.5 Å². The average Bonchev–Trinajstić information content (AvgIpc) is 2.33. The molecule has 0 aromatic carbocycles. The van der Waals surface area contributed by atoms with E-state index in [0.717, 1.165) is 13.1 Å². The van der Waals surface area contributed by atoms with Gasteiger partial charge in [0.15, 0.2) is 5.13 Å². The van der Waals surface area contributed by atoms with Gasteiger partial charge in [0.1, 0.15) is 0 Å². The Morgan fingerprint density at radius 1 is 1.62 bits per heavy atom. The maximum absolute atomic E-state index is 5.54. The molecule has 1 aromatic rings. The van der Waals surface area contributed by atoms with Crippen LogP contribution in [0.25, 0.3) is 0 Å². The number of hydrogen-bond acceptors (Lipinski definition) is 4. The van der Waals surface area contributed by atoms with Crippen LogP contribution in [0.1, 0.15) is 18.7 Å². The second-order valence-corrected chi connectivity index (χ2v) is 4.90. The molecule has 0 aliphatic carbocycles. The van der Waals surface area contributed by atoms with Crippen LogP contribution >= 0.6 is 11.3 Å². The molecule has 0 saturated heterocycles. The second kappa shape index (κ2) is 4.58. The van der Waals surface area contributed by atoms with Gasteiger partial charge in [0.25, 0.3) is 0 Å². The van der Waals surface area contributed by atoms with Crippen LogP contribution in [-0.4, -0.2) is 23.5 Å². The van der Waals surface area contributed by atoms with Crippen LogP contribution in [0, 0.1) is 5.92 Å². The topological polar surface area (TPSA) is 42.2 Å². The highest BCUT2D eigenvalue weighted by Crippen LogP contribution is 2.16. The Labute approximate surface area is 83.6 Å². The standard InChI is InChI=1S/C9H17N3S/c1-7(2)5-12(3)6-8-4-11-9(10)13-8/h4,7H,5-6H2,1-3H3,(H2,10,11). The molecule has 0 amide bonds. The zero-order valence-corrected chi connectivity index (χ0v) is 9.27. The number of thiazole rings is 1. The molecule has 0 bridgehead atoms. The number of rotatable bonds is 4. The van der Waals surface area contributed by atoms with Gasteiger partial charge in [0.05, 0.1) is 0 Å². The molecule has 74 valence electrons. The number of anilines is 1. The predicted octanol–water partition coefficient (Wildman–Crippen LogP) is 1.81. The minimum Gasteiger partial charge on any atom is -0.375 e. The molecule has 4 heteroatoms. The van der Waals surface area contributed by atoms with Crippen LogP contribution in [0.5, 0.6) is 0 Å². The largest absolute Gasteiger partial charge is 0.375 e. The number of nitrogen functional groups attached to an aromatic ring is 1. The summed E-state index contributed by atoms with van der Waals surface area (Å²) >= 11 is 1.57. The fourth-order valence-corrected chi connectivity index (χ4v) is 2.11. The van der Waals surface area contributed by atoms with Crippen LogP contribution in [-0.2, 0) is 6.54 Å². The van der Waals surface area contributed by atoms with Crippen LogP contribution in [0.15, 0.2) is 6.20 Å². The molecule has 0 radical (unpaired) electrons. The Balaban J connectivity index is 2.40. The van der Waals surface area contributed by atoms with Gasteiger partial charge in [0.2, 0.25) is 0 Å². The van der Waals surface area contributed by atoms with Gasteiger partial charge >= 0.3 is 0 Å². The van der Waals surface area contributed by atoms with Gasteiger partial charge in [-0.05, 0) is 13.0 Å². The summed E-state index contributed by atoms with van der Waals surface area (Å²) in [5.41, 5.74) is 5.54. The van der Waals surface area contributed by atoms with E-state index < -0.39 is 0 Å². The molecule has 1 aromatic heterocycles. The third-order valence-corrected chi connectivity index (χ3v) is 2.49. The van der Waals surface area contributed by atoms with Gasteiger partial charge in [-0.15, -0.1) is 11.3 Å². The zero-order valence-electron chi connectivity index (χ0n) is 8.45. The molecule has 0 aliphatic rings. The first-order chi connectivity index (χ1) is 6.08. The maximum atomic E-state index is 5.54. The molecule has 0 saturated carbocycles. The van der Waals surface area contributed by atoms with E-state index in [4.69, 9.17) is 5.73 Å². The first-order valence-electron chi connectivity index (χ1n) is 4.46. The Bertz CT molecular complexity index is 257. The second-order valence-electron chi connectivity index (χ2n) is 3.76. The highest BCUT2D eigenvalue weighted by Gasteiger charge is 2.04. The molecule has 3 nitrogen and oxygen atoms in total. The zero-order chi connectivity index (χ0) is 9.84. The molecule has 2 N–H and O–H groups in total. The molecule has 0 unspecified atom stereocenters. The van der Waals surface area contributed by atoms with Crippen LogP contribution < -0.4 is 5.73 Å². The predicted molar refractivity (Wildman–Crippen MR) is 57.7 cm³/mol. The molecule has 1 heterocycles. The van der Waals surface area contributed by atoms with Gasteiger partial charge in [-0.2, -0.15) is 0 Å². The Kier molecular flexibility index (Phi) is 3.69. The fourth-order valence-electron chi connectivity index (χ4n) is 1.35. The summed E-state index contributed by atoms with van der Waals surface area (Å²) in [6.45, 7) is 6.50. The van der Waals surface area contributed by atoms with Crippen LogP contribution in [0.4, 0.5) is 5.13 Å². The minimum absolute atomic E-state index is 0.660. The van der Waals surface area contributed by atoms with Gasteiger partial charge < -0.3 is 10.6 Å². The van der Waals surface area contributed by atoms with Crippen molar-refractivity contribution < 1.29 is 0 Å². The third kappa shape index (κ3) is 3.74. The SMILES string of the molecule is CC(C)CN(C)Cc1cnc(N)s1. The lowest BCUT2D eigenvalue weighted by atomic mass is 10.2. The number of hydrogen-bond donors (Lipinski definition) is 1. The summed E-state index contributed by atoms with van der Waals surface area (Å²) < 4.78 is 0. The third-order valence-electron chi connectivity index (χ3n) is 1.67. The van der Waals surface area contributed by atoms with Crippen molar-refractivity contribution in [3.63, 3.8) is 0 Å². The van der Waals surface area contributed by atoms with Crippen LogP contribution in [0.3, 0.4) is 0 Å². The molecule has 1 rings (SSSR count). The summed E-state index contributed by atoms with van der Waals surface area (Å²) in [5, 5.41) is 0.660. The van der Waals surface area contributed by atoms with E-state index in [1.807, 2.05) is 6.20 Å². The summed E-state index contributed by atoms with van der Waals surface area (Å²) in [7, 11) is 2.12. The Morgan fingerprint density at radius 2 is 2.31 bits per heavy atom. The first kappa shape index (κ1) is 10.5.